The molecule has 1 amide bonds. The number of nitrogens with one attached hydrogen (secondary N) is 2. The van der Waals surface area contributed by atoms with Crippen LogP contribution in [0.4, 0.5) is 0 Å². The van der Waals surface area contributed by atoms with Gasteiger partial charge in [-0.3, -0.25) is 15.1 Å². The standard InChI is InChI=1S/C17H19N5O3/c1-22(17(19)20)16(23)15-6-10-2-3-11(7-14(10)21-15)24-9-13-5-4-12(8-18)25-13/h2-7,21H,8-9,18H2,1H3,(H3,19,20). The maximum absolute atomic E-state index is 12.2. The molecule has 1 aromatic carbocycles. The van der Waals surface area contributed by atoms with Gasteiger partial charge in [-0.15, -0.1) is 0 Å². The predicted molar refractivity (Wildman–Crippen MR) is 93.2 cm³/mol. The molecule has 0 aliphatic heterocycles. The third-order valence-corrected chi connectivity index (χ3v) is 3.79. The summed E-state index contributed by atoms with van der Waals surface area (Å²) < 4.78 is 11.2. The normalized spacial score (nSPS) is 10.8. The summed E-state index contributed by atoms with van der Waals surface area (Å²) in [5, 5.41) is 8.19. The van der Waals surface area contributed by atoms with Crippen molar-refractivity contribution in [1.82, 2.24) is 9.88 Å². The molecule has 0 saturated carbocycles. The molecule has 130 valence electrons. The van der Waals surface area contributed by atoms with Crippen molar-refractivity contribution in [2.45, 2.75) is 13.2 Å². The third kappa shape index (κ3) is 3.48. The van der Waals surface area contributed by atoms with Gasteiger partial charge in [0.1, 0.15) is 29.6 Å². The van der Waals surface area contributed by atoms with Crippen molar-refractivity contribution in [2.75, 3.05) is 7.05 Å². The van der Waals surface area contributed by atoms with E-state index in [0.29, 0.717) is 29.5 Å². The highest BCUT2D eigenvalue weighted by Crippen LogP contribution is 2.23. The Kier molecular flexibility index (Phi) is 4.44. The van der Waals surface area contributed by atoms with Crippen molar-refractivity contribution in [3.05, 3.63) is 53.6 Å². The van der Waals surface area contributed by atoms with Crippen molar-refractivity contribution in [1.29, 1.82) is 5.41 Å². The van der Waals surface area contributed by atoms with Gasteiger partial charge < -0.3 is 25.6 Å². The summed E-state index contributed by atoms with van der Waals surface area (Å²) in [5.41, 5.74) is 11.9. The maximum Gasteiger partial charge on any atom is 0.276 e. The van der Waals surface area contributed by atoms with E-state index in [2.05, 4.69) is 4.98 Å². The molecule has 8 heteroatoms. The molecule has 6 N–H and O–H groups in total. The number of aromatic nitrogens is 1. The van der Waals surface area contributed by atoms with Crippen LogP contribution in [0.15, 0.2) is 40.8 Å². The van der Waals surface area contributed by atoms with E-state index in [4.69, 9.17) is 26.0 Å². The van der Waals surface area contributed by atoms with E-state index in [1.807, 2.05) is 24.3 Å². The highest BCUT2D eigenvalue weighted by molar-refractivity contribution is 6.05. The second kappa shape index (κ2) is 6.70. The van der Waals surface area contributed by atoms with Gasteiger partial charge in [-0.2, -0.15) is 0 Å². The molecule has 3 aromatic rings. The first-order chi connectivity index (χ1) is 12.0. The van der Waals surface area contributed by atoms with Crippen LogP contribution in [-0.4, -0.2) is 28.8 Å². The number of amides is 1. The van der Waals surface area contributed by atoms with Gasteiger partial charge in [-0.1, -0.05) is 0 Å². The molecule has 8 nitrogen and oxygen atoms in total. The van der Waals surface area contributed by atoms with Crippen LogP contribution in [0.2, 0.25) is 0 Å². The van der Waals surface area contributed by atoms with E-state index in [1.54, 1.807) is 12.1 Å². The van der Waals surface area contributed by atoms with Crippen molar-refractivity contribution in [3.8, 4) is 5.75 Å². The molecule has 25 heavy (non-hydrogen) atoms. The molecule has 0 unspecified atom stereocenters. The van der Waals surface area contributed by atoms with E-state index in [-0.39, 0.29) is 18.5 Å². The van der Waals surface area contributed by atoms with Crippen LogP contribution in [0, 0.1) is 5.41 Å². The van der Waals surface area contributed by atoms with E-state index in [0.717, 1.165) is 15.8 Å². The minimum absolute atomic E-state index is 0.283. The van der Waals surface area contributed by atoms with Crippen LogP contribution in [0.1, 0.15) is 22.0 Å². The van der Waals surface area contributed by atoms with Crippen LogP contribution in [0.25, 0.3) is 10.9 Å². The number of furan rings is 1. The molecule has 0 atom stereocenters. The van der Waals surface area contributed by atoms with E-state index >= 15 is 0 Å². The number of fused-ring (bicyclic) bond motifs is 1. The third-order valence-electron chi connectivity index (χ3n) is 3.79. The minimum atomic E-state index is -0.379. The lowest BCUT2D eigenvalue weighted by Crippen LogP contribution is -2.38. The lowest BCUT2D eigenvalue weighted by molar-refractivity contribution is 0.0864. The van der Waals surface area contributed by atoms with Gasteiger partial charge in [-0.25, -0.2) is 0 Å². The zero-order valence-corrected chi connectivity index (χ0v) is 13.7. The van der Waals surface area contributed by atoms with Crippen LogP contribution in [0.5, 0.6) is 5.75 Å². The Hall–Kier alpha value is -3.26. The molecule has 0 saturated heterocycles. The Morgan fingerprint density at radius 3 is 2.72 bits per heavy atom. The highest BCUT2D eigenvalue weighted by Gasteiger charge is 2.16. The first kappa shape index (κ1) is 16.6. The van der Waals surface area contributed by atoms with Crippen molar-refractivity contribution < 1.29 is 13.9 Å². The molecule has 0 aliphatic rings. The zero-order chi connectivity index (χ0) is 18.0. The number of hydrogen-bond acceptors (Lipinski definition) is 5. The lowest BCUT2D eigenvalue weighted by Gasteiger charge is -2.12. The van der Waals surface area contributed by atoms with Gasteiger partial charge in [0, 0.05) is 24.0 Å². The van der Waals surface area contributed by atoms with Crippen LogP contribution in [0.3, 0.4) is 0 Å². The summed E-state index contributed by atoms with van der Waals surface area (Å²) in [6.07, 6.45) is 0. The van der Waals surface area contributed by atoms with E-state index in [9.17, 15) is 4.79 Å². The minimum Gasteiger partial charge on any atom is -0.486 e. The summed E-state index contributed by atoms with van der Waals surface area (Å²) in [6.45, 7) is 0.630. The van der Waals surface area contributed by atoms with Crippen LogP contribution >= 0.6 is 0 Å². The summed E-state index contributed by atoms with van der Waals surface area (Å²) in [6, 6.07) is 10.8. The number of carbonyl (C=O) groups is 1. The number of ether oxygens (including phenoxy) is 1. The average molecular weight is 341 g/mol. The number of guanidine groups is 1. The van der Waals surface area contributed by atoms with Gasteiger partial charge >= 0.3 is 0 Å². The summed E-state index contributed by atoms with van der Waals surface area (Å²) in [4.78, 5) is 16.3. The molecular formula is C17H19N5O3. The number of carbonyl (C=O) groups excluding carboxylic acids is 1. The van der Waals surface area contributed by atoms with Crippen molar-refractivity contribution in [2.24, 2.45) is 11.5 Å². The Morgan fingerprint density at radius 1 is 1.28 bits per heavy atom. The molecule has 0 radical (unpaired) electrons. The molecule has 0 aliphatic carbocycles. The SMILES string of the molecule is CN(C(=N)N)C(=O)c1cc2ccc(OCc3ccc(CN)o3)cc2[nH]1. The fourth-order valence-electron chi connectivity index (χ4n) is 2.37. The van der Waals surface area contributed by atoms with Gasteiger partial charge in [0.2, 0.25) is 0 Å². The summed E-state index contributed by atoms with van der Waals surface area (Å²) >= 11 is 0. The molecular weight excluding hydrogens is 322 g/mol. The van der Waals surface area contributed by atoms with Gasteiger partial charge in [0.05, 0.1) is 6.54 Å². The second-order valence-electron chi connectivity index (χ2n) is 5.54. The number of H-pyrrole nitrogens is 1. The largest absolute Gasteiger partial charge is 0.486 e. The molecule has 2 heterocycles. The first-order valence-corrected chi connectivity index (χ1v) is 7.63. The van der Waals surface area contributed by atoms with Crippen molar-refractivity contribution in [3.63, 3.8) is 0 Å². The Morgan fingerprint density at radius 2 is 2.04 bits per heavy atom. The Bertz CT molecular complexity index is 927. The monoisotopic (exact) mass is 341 g/mol. The first-order valence-electron chi connectivity index (χ1n) is 7.63. The number of aromatic amines is 1. The average Bonchev–Trinajstić information content (AvgIpc) is 3.24. The van der Waals surface area contributed by atoms with Gasteiger partial charge in [0.25, 0.3) is 5.91 Å². The summed E-state index contributed by atoms with van der Waals surface area (Å²) in [7, 11) is 1.45. The maximum atomic E-state index is 12.2. The molecule has 3 rings (SSSR count). The lowest BCUT2D eigenvalue weighted by atomic mass is 10.2. The fraction of sp³-hybridized carbons (Fsp3) is 0.176. The molecule has 0 bridgehead atoms. The molecule has 2 aromatic heterocycles. The Balaban J connectivity index is 1.75. The summed E-state index contributed by atoms with van der Waals surface area (Å²) in [5.74, 6) is 1.33. The number of hydrogen-bond donors (Lipinski definition) is 4. The zero-order valence-electron chi connectivity index (χ0n) is 13.7. The Labute approximate surface area is 143 Å². The van der Waals surface area contributed by atoms with Gasteiger partial charge in [-0.05, 0) is 30.3 Å². The van der Waals surface area contributed by atoms with E-state index in [1.165, 1.54) is 7.05 Å². The highest BCUT2D eigenvalue weighted by atomic mass is 16.5. The fourth-order valence-corrected chi connectivity index (χ4v) is 2.37. The predicted octanol–water partition coefficient (Wildman–Crippen LogP) is 1.76. The van der Waals surface area contributed by atoms with Crippen LogP contribution < -0.4 is 16.2 Å². The van der Waals surface area contributed by atoms with Crippen molar-refractivity contribution >= 4 is 22.8 Å². The molecule has 0 spiro atoms. The quantitative estimate of drug-likeness (QED) is 0.414. The van der Waals surface area contributed by atoms with Crippen LogP contribution in [-0.2, 0) is 13.2 Å². The second-order valence-corrected chi connectivity index (χ2v) is 5.54. The number of nitrogens with two attached hydrogens (primary N) is 2. The molecule has 0 fully saturated rings. The van der Waals surface area contributed by atoms with Gasteiger partial charge in [0.15, 0.2) is 5.96 Å². The topological polar surface area (TPSA) is 134 Å². The number of nitrogens with zero attached hydrogens (tertiary/aromatic N) is 1. The number of rotatable bonds is 5. The number of benzene rings is 1. The smallest absolute Gasteiger partial charge is 0.276 e. The van der Waals surface area contributed by atoms with E-state index < -0.39 is 0 Å².